The second kappa shape index (κ2) is 5.39. The van der Waals surface area contributed by atoms with Gasteiger partial charge in [-0.25, -0.2) is 4.79 Å². The van der Waals surface area contributed by atoms with E-state index in [0.29, 0.717) is 0 Å². The van der Waals surface area contributed by atoms with Crippen LogP contribution in [0.2, 0.25) is 0 Å². The largest absolute Gasteiger partial charge is 0.418 e. The minimum absolute atomic E-state index is 0.236. The number of carbonyl (C=O) groups excluding carboxylic acids is 1. The molecule has 98 valence electrons. The number of amidine groups is 1. The van der Waals surface area contributed by atoms with Crippen molar-refractivity contribution < 1.29 is 18.0 Å². The number of para-hydroxylation sites is 1. The molecule has 0 bridgehead atoms. The van der Waals surface area contributed by atoms with E-state index >= 15 is 0 Å². The van der Waals surface area contributed by atoms with Gasteiger partial charge in [-0.05, 0) is 12.1 Å². The van der Waals surface area contributed by atoms with Gasteiger partial charge in [0, 0.05) is 0 Å². The highest BCUT2D eigenvalue weighted by molar-refractivity contribution is 5.93. The van der Waals surface area contributed by atoms with Gasteiger partial charge in [0.2, 0.25) is 0 Å². The molecule has 0 unspecified atom stereocenters. The number of anilines is 1. The number of benzene rings is 1. The van der Waals surface area contributed by atoms with Crippen LogP contribution < -0.4 is 16.4 Å². The third-order valence-electron chi connectivity index (χ3n) is 1.92. The van der Waals surface area contributed by atoms with Crippen LogP contribution in [0.4, 0.5) is 23.7 Å². The van der Waals surface area contributed by atoms with Gasteiger partial charge in [0.05, 0.1) is 17.8 Å². The number of carbonyl (C=O) groups is 1. The number of amides is 2. The van der Waals surface area contributed by atoms with Crippen molar-refractivity contribution >= 4 is 17.6 Å². The van der Waals surface area contributed by atoms with Crippen molar-refractivity contribution in [2.45, 2.75) is 6.18 Å². The fourth-order valence-electron chi connectivity index (χ4n) is 1.18. The lowest BCUT2D eigenvalue weighted by Gasteiger charge is -2.13. The number of urea groups is 1. The van der Waals surface area contributed by atoms with Gasteiger partial charge >= 0.3 is 12.2 Å². The Labute approximate surface area is 101 Å². The summed E-state index contributed by atoms with van der Waals surface area (Å²) in [6, 6.07) is 3.73. The summed E-state index contributed by atoms with van der Waals surface area (Å²) in [5.74, 6) is -0.297. The summed E-state index contributed by atoms with van der Waals surface area (Å²) >= 11 is 0. The van der Waals surface area contributed by atoms with Crippen molar-refractivity contribution in [1.29, 1.82) is 5.41 Å². The normalized spacial score (nSPS) is 10.8. The molecule has 2 amide bonds. The fourth-order valence-corrected chi connectivity index (χ4v) is 1.18. The van der Waals surface area contributed by atoms with Gasteiger partial charge in [-0.1, -0.05) is 12.1 Å². The van der Waals surface area contributed by atoms with Crippen molar-refractivity contribution in [1.82, 2.24) is 5.32 Å². The number of hydrogen-bond acceptors (Lipinski definition) is 2. The summed E-state index contributed by atoms with van der Waals surface area (Å²) in [6.45, 7) is -0.236. The quantitative estimate of drug-likeness (QED) is 0.492. The van der Waals surface area contributed by atoms with Crippen molar-refractivity contribution in [3.8, 4) is 0 Å². The monoisotopic (exact) mass is 260 g/mol. The van der Waals surface area contributed by atoms with Gasteiger partial charge < -0.3 is 16.4 Å². The first-order valence-electron chi connectivity index (χ1n) is 4.84. The third-order valence-corrected chi connectivity index (χ3v) is 1.92. The molecular weight excluding hydrogens is 249 g/mol. The molecule has 0 aliphatic rings. The van der Waals surface area contributed by atoms with Crippen molar-refractivity contribution in [3.05, 3.63) is 29.8 Å². The van der Waals surface area contributed by atoms with Crippen LogP contribution in [0.1, 0.15) is 5.56 Å². The second-order valence-corrected chi connectivity index (χ2v) is 3.38. The zero-order chi connectivity index (χ0) is 13.8. The first kappa shape index (κ1) is 13.8. The number of nitrogens with two attached hydrogens (primary N) is 1. The molecule has 0 atom stereocenters. The Morgan fingerprint density at radius 3 is 2.50 bits per heavy atom. The summed E-state index contributed by atoms with van der Waals surface area (Å²) in [6.07, 6.45) is -4.55. The molecule has 0 saturated carbocycles. The Kier molecular flexibility index (Phi) is 4.13. The van der Waals surface area contributed by atoms with E-state index in [1.54, 1.807) is 0 Å². The first-order chi connectivity index (χ1) is 8.30. The molecule has 5 N–H and O–H groups in total. The minimum atomic E-state index is -4.55. The lowest BCUT2D eigenvalue weighted by Crippen LogP contribution is -2.36. The predicted molar refractivity (Wildman–Crippen MR) is 60.4 cm³/mol. The highest BCUT2D eigenvalue weighted by Gasteiger charge is 2.33. The Morgan fingerprint density at radius 1 is 1.33 bits per heavy atom. The number of alkyl halides is 3. The van der Waals surface area contributed by atoms with Gasteiger partial charge in [0.1, 0.15) is 5.84 Å². The van der Waals surface area contributed by atoms with Gasteiger partial charge in [-0.15, -0.1) is 0 Å². The van der Waals surface area contributed by atoms with E-state index in [-0.39, 0.29) is 18.1 Å². The molecule has 1 rings (SSSR count). The van der Waals surface area contributed by atoms with Gasteiger partial charge in [-0.2, -0.15) is 13.2 Å². The van der Waals surface area contributed by atoms with Crippen molar-refractivity contribution in [3.63, 3.8) is 0 Å². The number of nitrogens with one attached hydrogen (secondary N) is 3. The van der Waals surface area contributed by atoms with Crippen LogP contribution in [0.25, 0.3) is 0 Å². The summed E-state index contributed by atoms with van der Waals surface area (Å²) < 4.78 is 37.8. The molecule has 0 saturated heterocycles. The van der Waals surface area contributed by atoms with Gasteiger partial charge in [-0.3, -0.25) is 5.41 Å². The summed E-state index contributed by atoms with van der Waals surface area (Å²) in [5, 5.41) is 11.1. The van der Waals surface area contributed by atoms with Crippen LogP contribution in [0.15, 0.2) is 24.3 Å². The standard InChI is InChI=1S/C10H11F3N4O/c11-10(12,13)6-3-1-2-4-7(6)17-9(18)16-5-8(14)15/h1-4H,5H2,(H3,14,15)(H2,16,17,18). The van der Waals surface area contributed by atoms with Gasteiger partial charge in [0.15, 0.2) is 0 Å². The maximum Gasteiger partial charge on any atom is 0.418 e. The summed E-state index contributed by atoms with van der Waals surface area (Å²) in [4.78, 5) is 11.3. The molecule has 0 spiro atoms. The van der Waals surface area contributed by atoms with E-state index in [0.717, 1.165) is 12.1 Å². The summed E-state index contributed by atoms with van der Waals surface area (Å²) in [5.41, 5.74) is 3.70. The molecule has 0 fully saturated rings. The van der Waals surface area contributed by atoms with Crippen LogP contribution >= 0.6 is 0 Å². The highest BCUT2D eigenvalue weighted by Crippen LogP contribution is 2.34. The maximum atomic E-state index is 12.6. The minimum Gasteiger partial charge on any atom is -0.386 e. The topological polar surface area (TPSA) is 91.0 Å². The van der Waals surface area contributed by atoms with E-state index in [1.807, 2.05) is 0 Å². The second-order valence-electron chi connectivity index (χ2n) is 3.38. The molecular formula is C10H11F3N4O. The van der Waals surface area contributed by atoms with Crippen molar-refractivity contribution in [2.75, 3.05) is 11.9 Å². The van der Waals surface area contributed by atoms with Crippen LogP contribution in [-0.4, -0.2) is 18.4 Å². The van der Waals surface area contributed by atoms with E-state index in [2.05, 4.69) is 10.6 Å². The van der Waals surface area contributed by atoms with Gasteiger partial charge in [0.25, 0.3) is 0 Å². The molecule has 18 heavy (non-hydrogen) atoms. The lowest BCUT2D eigenvalue weighted by molar-refractivity contribution is -0.136. The highest BCUT2D eigenvalue weighted by atomic mass is 19.4. The average molecular weight is 260 g/mol. The molecule has 0 radical (unpaired) electrons. The lowest BCUT2D eigenvalue weighted by atomic mass is 10.1. The van der Waals surface area contributed by atoms with Crippen LogP contribution in [0.3, 0.4) is 0 Å². The molecule has 1 aromatic rings. The molecule has 0 aliphatic heterocycles. The Balaban J connectivity index is 2.79. The van der Waals surface area contributed by atoms with E-state index < -0.39 is 17.8 Å². The first-order valence-corrected chi connectivity index (χ1v) is 4.84. The molecule has 0 aliphatic carbocycles. The number of hydrogen-bond donors (Lipinski definition) is 4. The fraction of sp³-hybridized carbons (Fsp3) is 0.200. The van der Waals surface area contributed by atoms with E-state index in [4.69, 9.17) is 11.1 Å². The maximum absolute atomic E-state index is 12.6. The zero-order valence-electron chi connectivity index (χ0n) is 9.14. The number of halogens is 3. The molecule has 0 heterocycles. The van der Waals surface area contributed by atoms with Crippen LogP contribution in [-0.2, 0) is 6.18 Å². The Hall–Kier alpha value is -2.25. The molecule has 5 nitrogen and oxygen atoms in total. The van der Waals surface area contributed by atoms with Crippen molar-refractivity contribution in [2.24, 2.45) is 5.73 Å². The molecule has 1 aromatic carbocycles. The van der Waals surface area contributed by atoms with E-state index in [1.165, 1.54) is 12.1 Å². The van der Waals surface area contributed by atoms with Crippen LogP contribution in [0.5, 0.6) is 0 Å². The average Bonchev–Trinajstić information content (AvgIpc) is 2.25. The smallest absolute Gasteiger partial charge is 0.386 e. The van der Waals surface area contributed by atoms with Crippen LogP contribution in [0, 0.1) is 5.41 Å². The summed E-state index contributed by atoms with van der Waals surface area (Å²) in [7, 11) is 0. The Bertz CT molecular complexity index is 459. The third kappa shape index (κ3) is 3.96. The van der Waals surface area contributed by atoms with E-state index in [9.17, 15) is 18.0 Å². The SMILES string of the molecule is N=C(N)CNC(=O)Nc1ccccc1C(F)(F)F. The number of rotatable bonds is 3. The molecule has 8 heteroatoms. The Morgan fingerprint density at radius 2 is 1.94 bits per heavy atom. The zero-order valence-corrected chi connectivity index (χ0v) is 9.14. The predicted octanol–water partition coefficient (Wildman–Crippen LogP) is 1.76. The molecule has 0 aromatic heterocycles.